The normalized spacial score (nSPS) is 24.5. The Hall–Kier alpha value is -2.84. The van der Waals surface area contributed by atoms with Gasteiger partial charge in [0.05, 0.1) is 4.90 Å². The molecule has 0 aliphatic carbocycles. The second kappa shape index (κ2) is 13.1. The number of carbonyl (C=O) groups is 4. The summed E-state index contributed by atoms with van der Waals surface area (Å²) < 4.78 is 57.6. The molecule has 12 nitrogen and oxygen atoms in total. The van der Waals surface area contributed by atoms with Crippen LogP contribution in [-0.2, 0) is 63.6 Å². The highest BCUT2D eigenvalue weighted by molar-refractivity contribution is 8.00. The summed E-state index contributed by atoms with van der Waals surface area (Å²) in [7, 11) is -5.64. The van der Waals surface area contributed by atoms with Gasteiger partial charge in [-0.25, -0.2) is 0 Å². The standard InChI is InChI=1S/C23H31NO11S2/c1-7-36(24-37(29,30)18-10-8-13(2)9-11-18)23-22(34-17(6)28)21(33-16(5)27)20(32-15(4)26)19(35-23)12-31-14(3)25/h8-11,19-23H,7,12H2,1-6H3/t19-,20-,21+,22+,23+,36?/m1/s1. The van der Waals surface area contributed by atoms with Crippen LogP contribution in [0.25, 0.3) is 0 Å². The van der Waals surface area contributed by atoms with Crippen LogP contribution in [0, 0.1) is 6.92 Å². The molecule has 0 spiro atoms. The smallest absolute Gasteiger partial charge is 0.303 e. The molecule has 0 radical (unpaired) electrons. The Morgan fingerprint density at radius 2 is 1.38 bits per heavy atom. The molecule has 14 heteroatoms. The van der Waals surface area contributed by atoms with E-state index in [1.54, 1.807) is 19.1 Å². The maximum absolute atomic E-state index is 13.1. The molecule has 0 N–H and O–H groups in total. The van der Waals surface area contributed by atoms with E-state index in [4.69, 9.17) is 23.7 Å². The molecule has 0 saturated carbocycles. The Morgan fingerprint density at radius 1 is 0.865 bits per heavy atom. The van der Waals surface area contributed by atoms with Gasteiger partial charge in [-0.1, -0.05) is 24.6 Å². The molecule has 0 bridgehead atoms. The van der Waals surface area contributed by atoms with E-state index >= 15 is 0 Å². The Labute approximate surface area is 218 Å². The third kappa shape index (κ3) is 8.61. The van der Waals surface area contributed by atoms with Crippen LogP contribution in [-0.4, -0.2) is 74.5 Å². The Balaban J connectivity index is 2.65. The maximum Gasteiger partial charge on any atom is 0.303 e. The lowest BCUT2D eigenvalue weighted by atomic mass is 9.99. The molecule has 1 saturated heterocycles. The summed E-state index contributed by atoms with van der Waals surface area (Å²) in [6, 6.07) is 6.08. The highest BCUT2D eigenvalue weighted by atomic mass is 32.3. The number of hydrogen-bond acceptors (Lipinski definition) is 11. The monoisotopic (exact) mass is 561 g/mol. The number of sulfonamides is 1. The van der Waals surface area contributed by atoms with Crippen molar-refractivity contribution in [2.24, 2.45) is 3.77 Å². The summed E-state index contributed by atoms with van der Waals surface area (Å²) in [4.78, 5) is 47.3. The SMILES string of the molecule is CCS(=NS(=O)(=O)c1ccc(C)cc1)[C@@H]1O[C@H](COC(C)=O)[C@@H](OC(C)=O)[C@H](OC(C)=O)[C@@H]1OC(C)=O. The van der Waals surface area contributed by atoms with Crippen LogP contribution in [0.1, 0.15) is 40.2 Å². The van der Waals surface area contributed by atoms with Crippen LogP contribution in [0.5, 0.6) is 0 Å². The first-order valence-corrected chi connectivity index (χ1v) is 14.2. The Bertz CT molecular complexity index is 1150. The number of aryl methyl sites for hydroxylation is 1. The van der Waals surface area contributed by atoms with E-state index in [1.807, 2.05) is 6.92 Å². The molecule has 0 amide bonds. The largest absolute Gasteiger partial charge is 0.463 e. The summed E-state index contributed by atoms with van der Waals surface area (Å²) >= 11 is 0. The first-order valence-electron chi connectivity index (χ1n) is 11.3. The van der Waals surface area contributed by atoms with Crippen LogP contribution in [0.15, 0.2) is 32.9 Å². The summed E-state index contributed by atoms with van der Waals surface area (Å²) in [5, 5.41) is 0. The predicted molar refractivity (Wildman–Crippen MR) is 131 cm³/mol. The van der Waals surface area contributed by atoms with Gasteiger partial charge in [-0.2, -0.15) is 8.42 Å². The molecule has 6 atom stereocenters. The van der Waals surface area contributed by atoms with E-state index in [0.29, 0.717) is 0 Å². The zero-order valence-corrected chi connectivity index (χ0v) is 23.0. The lowest BCUT2D eigenvalue weighted by molar-refractivity contribution is -0.237. The van der Waals surface area contributed by atoms with Crippen molar-refractivity contribution in [3.63, 3.8) is 0 Å². The van der Waals surface area contributed by atoms with Crippen molar-refractivity contribution in [3.05, 3.63) is 29.8 Å². The molecule has 1 heterocycles. The van der Waals surface area contributed by atoms with Crippen LogP contribution in [0.4, 0.5) is 0 Å². The molecule has 1 aliphatic rings. The van der Waals surface area contributed by atoms with Crippen LogP contribution in [0.3, 0.4) is 0 Å². The van der Waals surface area contributed by atoms with Crippen molar-refractivity contribution < 1.29 is 51.3 Å². The van der Waals surface area contributed by atoms with E-state index < -0.39 is 81.1 Å². The molecule has 37 heavy (non-hydrogen) atoms. The number of carbonyl (C=O) groups excluding carboxylic acids is 4. The van der Waals surface area contributed by atoms with Crippen LogP contribution in [0.2, 0.25) is 0 Å². The van der Waals surface area contributed by atoms with E-state index in [0.717, 1.165) is 33.3 Å². The van der Waals surface area contributed by atoms with Gasteiger partial charge in [0.1, 0.15) is 12.7 Å². The summed E-state index contributed by atoms with van der Waals surface area (Å²) in [6.07, 6.45) is -5.31. The van der Waals surface area contributed by atoms with E-state index in [-0.39, 0.29) is 10.6 Å². The highest BCUT2D eigenvalue weighted by Gasteiger charge is 2.53. The van der Waals surface area contributed by atoms with Gasteiger partial charge in [0.25, 0.3) is 10.0 Å². The van der Waals surface area contributed by atoms with E-state index in [1.165, 1.54) is 12.1 Å². The zero-order valence-electron chi connectivity index (χ0n) is 21.4. The third-order valence-electron chi connectivity index (χ3n) is 5.02. The summed E-state index contributed by atoms with van der Waals surface area (Å²) in [6.45, 7) is 7.53. The molecule has 2 rings (SSSR count). The Morgan fingerprint density at radius 3 is 1.86 bits per heavy atom. The molecule has 1 fully saturated rings. The number of nitrogens with zero attached hydrogens (tertiary/aromatic N) is 1. The van der Waals surface area contributed by atoms with Crippen molar-refractivity contribution in [3.8, 4) is 0 Å². The molecule has 1 unspecified atom stereocenters. The minimum Gasteiger partial charge on any atom is -0.463 e. The van der Waals surface area contributed by atoms with Gasteiger partial charge in [-0.05, 0) is 29.7 Å². The highest BCUT2D eigenvalue weighted by Crippen LogP contribution is 2.32. The second-order valence-corrected chi connectivity index (χ2v) is 12.0. The van der Waals surface area contributed by atoms with Gasteiger partial charge in [0, 0.05) is 33.4 Å². The fourth-order valence-corrected chi connectivity index (χ4v) is 7.26. The lowest BCUT2D eigenvalue weighted by Gasteiger charge is -2.44. The van der Waals surface area contributed by atoms with Crippen molar-refractivity contribution >= 4 is 44.6 Å². The molecule has 1 aromatic rings. The topological polar surface area (TPSA) is 161 Å². The summed E-state index contributed by atoms with van der Waals surface area (Å²) in [5.41, 5.74) is -0.390. The molecule has 0 aromatic heterocycles. The van der Waals surface area contributed by atoms with Crippen molar-refractivity contribution in [2.75, 3.05) is 12.4 Å². The number of benzene rings is 1. The zero-order chi connectivity index (χ0) is 27.9. The predicted octanol–water partition coefficient (Wildman–Crippen LogP) is 1.59. The van der Waals surface area contributed by atoms with Gasteiger partial charge in [0.2, 0.25) is 0 Å². The van der Waals surface area contributed by atoms with E-state index in [9.17, 15) is 27.6 Å². The fraction of sp³-hybridized carbons (Fsp3) is 0.565. The maximum atomic E-state index is 13.1. The minimum absolute atomic E-state index is 0.0466. The number of hydrogen-bond donors (Lipinski definition) is 0. The number of esters is 4. The number of ether oxygens (including phenoxy) is 5. The average molecular weight is 562 g/mol. The molecular weight excluding hydrogens is 530 g/mol. The van der Waals surface area contributed by atoms with Gasteiger partial charge in [0.15, 0.2) is 23.7 Å². The van der Waals surface area contributed by atoms with Gasteiger partial charge in [-0.15, -0.1) is 3.77 Å². The Kier molecular flexibility index (Phi) is 10.8. The lowest BCUT2D eigenvalue weighted by Crippen LogP contribution is -2.63. The molecule has 1 aliphatic heterocycles. The second-order valence-electron chi connectivity index (χ2n) is 8.12. The minimum atomic E-state index is -4.17. The van der Waals surface area contributed by atoms with Gasteiger partial charge >= 0.3 is 23.9 Å². The van der Waals surface area contributed by atoms with Crippen molar-refractivity contribution in [1.82, 2.24) is 0 Å². The third-order valence-corrected chi connectivity index (χ3v) is 8.95. The average Bonchev–Trinajstić information content (AvgIpc) is 2.78. The first kappa shape index (κ1) is 30.4. The van der Waals surface area contributed by atoms with Crippen molar-refractivity contribution in [1.29, 1.82) is 0 Å². The molecular formula is C23H31NO11S2. The van der Waals surface area contributed by atoms with E-state index in [2.05, 4.69) is 3.77 Å². The van der Waals surface area contributed by atoms with Gasteiger partial charge < -0.3 is 23.7 Å². The quantitative estimate of drug-likeness (QED) is 0.318. The van der Waals surface area contributed by atoms with Gasteiger partial charge in [-0.3, -0.25) is 19.2 Å². The van der Waals surface area contributed by atoms with Crippen LogP contribution >= 0.6 is 0 Å². The summed E-state index contributed by atoms with van der Waals surface area (Å²) in [5.74, 6) is -2.85. The fourth-order valence-electron chi connectivity index (χ4n) is 3.55. The van der Waals surface area contributed by atoms with Crippen LogP contribution < -0.4 is 0 Å². The number of rotatable bonds is 9. The molecule has 1 aromatic carbocycles. The first-order chi connectivity index (χ1) is 17.2. The molecule has 206 valence electrons. The van der Waals surface area contributed by atoms with Crippen molar-refractivity contribution in [2.45, 2.75) is 76.3 Å².